The topological polar surface area (TPSA) is 105 Å². The van der Waals surface area contributed by atoms with Gasteiger partial charge in [-0.3, -0.25) is 0 Å². The molecule has 6 nitrogen and oxygen atoms in total. The first-order chi connectivity index (χ1) is 15.6. The molecule has 1 aromatic heterocycles. The number of hydrogen-bond acceptors (Lipinski definition) is 5. The van der Waals surface area contributed by atoms with E-state index in [1.807, 2.05) is 54.6 Å². The van der Waals surface area contributed by atoms with Crippen LogP contribution >= 0.6 is 0 Å². The van der Waals surface area contributed by atoms with Crippen LogP contribution in [0.4, 0.5) is 22.7 Å². The van der Waals surface area contributed by atoms with Gasteiger partial charge in [0.2, 0.25) is 0 Å². The number of aromatic amines is 1. The predicted octanol–water partition coefficient (Wildman–Crippen LogP) is 5.13. The molecule has 0 saturated carbocycles. The van der Waals surface area contributed by atoms with Crippen molar-refractivity contribution < 1.29 is 0 Å². The number of benzene rings is 4. The zero-order valence-electron chi connectivity index (χ0n) is 17.3. The Hall–Kier alpha value is -4.45. The van der Waals surface area contributed by atoms with Gasteiger partial charge in [0.25, 0.3) is 0 Å². The van der Waals surface area contributed by atoms with Crippen LogP contribution in [-0.2, 0) is 5.66 Å². The van der Waals surface area contributed by atoms with Gasteiger partial charge in [0.15, 0.2) is 5.66 Å². The molecule has 4 aromatic carbocycles. The second kappa shape index (κ2) is 6.78. The lowest BCUT2D eigenvalue weighted by molar-refractivity contribution is 0.704. The van der Waals surface area contributed by atoms with E-state index in [2.05, 4.69) is 50.9 Å². The summed E-state index contributed by atoms with van der Waals surface area (Å²) >= 11 is 0. The van der Waals surface area contributed by atoms with E-state index in [9.17, 15) is 0 Å². The average Bonchev–Trinajstić information content (AvgIpc) is 3.44. The van der Waals surface area contributed by atoms with Gasteiger partial charge in [0.1, 0.15) is 0 Å². The molecule has 0 spiro atoms. The van der Waals surface area contributed by atoms with Gasteiger partial charge in [-0.2, -0.15) is 0 Å². The molecular formula is C26H22N6. The third-order valence-corrected chi connectivity index (χ3v) is 6.10. The normalized spacial score (nSPS) is 14.0. The minimum Gasteiger partial charge on any atom is -0.399 e. The number of nitrogens with two attached hydrogens (primary N) is 2. The van der Waals surface area contributed by atoms with E-state index in [1.54, 1.807) is 6.33 Å². The van der Waals surface area contributed by atoms with Crippen LogP contribution < -0.4 is 22.1 Å². The number of nitrogen functional groups attached to an aromatic ring is 2. The van der Waals surface area contributed by atoms with Crippen molar-refractivity contribution in [1.29, 1.82) is 0 Å². The lowest BCUT2D eigenvalue weighted by Gasteiger charge is -2.32. The first-order valence-electron chi connectivity index (χ1n) is 10.5. The molecule has 32 heavy (non-hydrogen) atoms. The Morgan fingerprint density at radius 2 is 1.22 bits per heavy atom. The fourth-order valence-electron chi connectivity index (χ4n) is 4.41. The van der Waals surface area contributed by atoms with Crippen molar-refractivity contribution in [1.82, 2.24) is 9.97 Å². The molecular weight excluding hydrogens is 396 g/mol. The molecule has 1 aliphatic rings. The minimum absolute atomic E-state index is 0.629. The highest BCUT2D eigenvalue weighted by Crippen LogP contribution is 2.45. The molecule has 0 fully saturated rings. The third-order valence-electron chi connectivity index (χ3n) is 6.10. The highest BCUT2D eigenvalue weighted by atomic mass is 15.3. The Kier molecular flexibility index (Phi) is 3.89. The van der Waals surface area contributed by atoms with E-state index < -0.39 is 5.66 Å². The molecule has 1 aliphatic heterocycles. The summed E-state index contributed by atoms with van der Waals surface area (Å²) in [6, 6.07) is 28.6. The molecule has 0 bridgehead atoms. The summed E-state index contributed by atoms with van der Waals surface area (Å²) in [5.41, 5.74) is 21.2. The molecule has 0 saturated heterocycles. The standard InChI is InChI=1S/C26H22N6/c27-20-7-3-18(4-8-20)26(19-5-9-21(28)10-6-19)31-23-12-2-17(14-25(23)32-26)16-1-11-22-24(13-16)30-15-29-22/h1-15,31-32H,27-28H2,(H,29,30). The van der Waals surface area contributed by atoms with Crippen LogP contribution in [-0.4, -0.2) is 9.97 Å². The van der Waals surface area contributed by atoms with Crippen LogP contribution in [0.25, 0.3) is 22.2 Å². The van der Waals surface area contributed by atoms with Gasteiger partial charge < -0.3 is 27.1 Å². The second-order valence-electron chi connectivity index (χ2n) is 8.14. The van der Waals surface area contributed by atoms with E-state index >= 15 is 0 Å². The van der Waals surface area contributed by atoms with E-state index in [4.69, 9.17) is 11.5 Å². The van der Waals surface area contributed by atoms with Gasteiger partial charge in [-0.1, -0.05) is 36.4 Å². The number of fused-ring (bicyclic) bond motifs is 2. The lowest BCUT2D eigenvalue weighted by Crippen LogP contribution is -2.40. The van der Waals surface area contributed by atoms with Gasteiger partial charge >= 0.3 is 0 Å². The Bertz CT molecular complexity index is 1390. The van der Waals surface area contributed by atoms with Gasteiger partial charge in [-0.15, -0.1) is 0 Å². The quantitative estimate of drug-likeness (QED) is 0.261. The summed E-state index contributed by atoms with van der Waals surface area (Å²) in [6.07, 6.45) is 1.72. The summed E-state index contributed by atoms with van der Waals surface area (Å²) in [5, 5.41) is 7.46. The van der Waals surface area contributed by atoms with Crippen molar-refractivity contribution in [3.63, 3.8) is 0 Å². The third kappa shape index (κ3) is 2.85. The summed E-state index contributed by atoms with van der Waals surface area (Å²) in [6.45, 7) is 0. The molecule has 6 rings (SSSR count). The smallest absolute Gasteiger partial charge is 0.161 e. The summed E-state index contributed by atoms with van der Waals surface area (Å²) in [4.78, 5) is 7.50. The monoisotopic (exact) mass is 418 g/mol. The molecule has 0 atom stereocenters. The van der Waals surface area contributed by atoms with Crippen LogP contribution in [0.5, 0.6) is 0 Å². The molecule has 0 aliphatic carbocycles. The van der Waals surface area contributed by atoms with Gasteiger partial charge in [0, 0.05) is 22.5 Å². The van der Waals surface area contributed by atoms with E-state index in [1.165, 1.54) is 0 Å². The highest BCUT2D eigenvalue weighted by molar-refractivity contribution is 5.87. The Labute approximate surface area is 185 Å². The summed E-state index contributed by atoms with van der Waals surface area (Å²) in [7, 11) is 0. The van der Waals surface area contributed by atoms with Crippen LogP contribution in [0, 0.1) is 0 Å². The fourth-order valence-corrected chi connectivity index (χ4v) is 4.41. The first kappa shape index (κ1) is 18.3. The molecule has 0 unspecified atom stereocenters. The van der Waals surface area contributed by atoms with E-state index in [0.29, 0.717) is 0 Å². The van der Waals surface area contributed by atoms with Crippen molar-refractivity contribution in [2.75, 3.05) is 22.1 Å². The number of nitrogens with zero attached hydrogens (tertiary/aromatic N) is 1. The van der Waals surface area contributed by atoms with Gasteiger partial charge in [0.05, 0.1) is 28.7 Å². The molecule has 0 radical (unpaired) electrons. The fraction of sp³-hybridized carbons (Fsp3) is 0.0385. The average molecular weight is 419 g/mol. The van der Waals surface area contributed by atoms with E-state index in [-0.39, 0.29) is 0 Å². The number of nitrogens with one attached hydrogen (secondary N) is 3. The number of rotatable bonds is 3. The van der Waals surface area contributed by atoms with Crippen LogP contribution in [0.15, 0.2) is 91.3 Å². The predicted molar refractivity (Wildman–Crippen MR) is 131 cm³/mol. The zero-order valence-corrected chi connectivity index (χ0v) is 17.3. The van der Waals surface area contributed by atoms with Crippen LogP contribution in [0.2, 0.25) is 0 Å². The maximum absolute atomic E-state index is 5.96. The largest absolute Gasteiger partial charge is 0.399 e. The molecule has 6 heteroatoms. The molecule has 156 valence electrons. The molecule has 5 aromatic rings. The number of H-pyrrole nitrogens is 1. The van der Waals surface area contributed by atoms with E-state index in [0.717, 1.165) is 56.0 Å². The maximum atomic E-state index is 5.96. The Morgan fingerprint density at radius 3 is 1.91 bits per heavy atom. The minimum atomic E-state index is -0.629. The van der Waals surface area contributed by atoms with Crippen molar-refractivity contribution in [3.8, 4) is 11.1 Å². The molecule has 7 N–H and O–H groups in total. The number of aromatic nitrogens is 2. The second-order valence-corrected chi connectivity index (χ2v) is 8.14. The molecule has 0 amide bonds. The summed E-state index contributed by atoms with van der Waals surface area (Å²) < 4.78 is 0. The zero-order chi connectivity index (χ0) is 21.7. The highest BCUT2D eigenvalue weighted by Gasteiger charge is 2.39. The Balaban J connectivity index is 1.45. The maximum Gasteiger partial charge on any atom is 0.161 e. The first-order valence-corrected chi connectivity index (χ1v) is 10.5. The van der Waals surface area contributed by atoms with Gasteiger partial charge in [-0.05, 0) is 59.7 Å². The van der Waals surface area contributed by atoms with Crippen LogP contribution in [0.3, 0.4) is 0 Å². The molecule has 2 heterocycles. The number of hydrogen-bond donors (Lipinski definition) is 5. The van der Waals surface area contributed by atoms with Crippen LogP contribution in [0.1, 0.15) is 11.1 Å². The van der Waals surface area contributed by atoms with Crippen molar-refractivity contribution in [2.24, 2.45) is 0 Å². The van der Waals surface area contributed by atoms with Crippen molar-refractivity contribution >= 4 is 33.8 Å². The number of imidazole rings is 1. The Morgan fingerprint density at radius 1 is 0.625 bits per heavy atom. The number of anilines is 4. The summed E-state index contributed by atoms with van der Waals surface area (Å²) in [5.74, 6) is 0. The lowest BCUT2D eigenvalue weighted by atomic mass is 9.91. The van der Waals surface area contributed by atoms with Crippen molar-refractivity contribution in [2.45, 2.75) is 5.66 Å². The van der Waals surface area contributed by atoms with Crippen molar-refractivity contribution in [3.05, 3.63) is 102 Å². The SMILES string of the molecule is Nc1ccc(C2(c3ccc(N)cc3)Nc3ccc(-c4ccc5nc[nH]c5c4)cc3N2)cc1. The van der Waals surface area contributed by atoms with Gasteiger partial charge in [-0.25, -0.2) is 4.98 Å².